The monoisotopic (exact) mass is 1360 g/mol. The van der Waals surface area contributed by atoms with E-state index in [4.69, 9.17) is 0 Å². The van der Waals surface area contributed by atoms with Gasteiger partial charge in [-0.1, -0.05) is 103 Å². The highest BCUT2D eigenvalue weighted by molar-refractivity contribution is 7.29. The summed E-state index contributed by atoms with van der Waals surface area (Å²) in [4.78, 5) is 70.4. The second kappa shape index (κ2) is 25.1. The smallest absolute Gasteiger partial charge is 0.258 e. The molecule has 12 heterocycles. The third kappa shape index (κ3) is 11.1. The number of carbonyl (C=O) groups is 4. The van der Waals surface area contributed by atoms with Crippen molar-refractivity contribution in [1.29, 1.82) is 0 Å². The van der Waals surface area contributed by atoms with Gasteiger partial charge in [-0.05, 0) is 145 Å². The Morgan fingerprint density at radius 2 is 0.663 bits per heavy atom. The van der Waals surface area contributed by atoms with Crippen LogP contribution in [0.4, 0.5) is 8.78 Å². The molecule has 11 aromatic rings. The first kappa shape index (κ1) is 60.7. The molecule has 0 bridgehead atoms. The van der Waals surface area contributed by atoms with Gasteiger partial charge in [0.05, 0.1) is 64.6 Å². The number of rotatable bonds is 22. The largest absolute Gasteiger partial charge is 0.320 e. The van der Waals surface area contributed by atoms with E-state index >= 15 is 0 Å². The predicted octanol–water partition coefficient (Wildman–Crippen LogP) is 21.0. The highest BCUT2D eigenvalue weighted by Gasteiger charge is 2.43. The third-order valence-corrected chi connectivity index (χ3v) is 27.3. The van der Waals surface area contributed by atoms with E-state index in [-0.39, 0.29) is 35.3 Å². The van der Waals surface area contributed by atoms with Gasteiger partial charge >= 0.3 is 0 Å². The van der Waals surface area contributed by atoms with Crippen molar-refractivity contribution in [2.24, 2.45) is 11.8 Å². The van der Waals surface area contributed by atoms with E-state index in [2.05, 4.69) is 97.5 Å². The van der Waals surface area contributed by atoms with Crippen molar-refractivity contribution in [3.63, 3.8) is 0 Å². The van der Waals surface area contributed by atoms with Crippen molar-refractivity contribution in [3.8, 4) is 61.3 Å². The Kier molecular flexibility index (Phi) is 16.5. The summed E-state index contributed by atoms with van der Waals surface area (Å²) >= 11 is 13.4. The van der Waals surface area contributed by atoms with Crippen LogP contribution in [0, 0.1) is 23.5 Å². The zero-order chi connectivity index (χ0) is 63.1. The van der Waals surface area contributed by atoms with E-state index in [1.165, 1.54) is 136 Å². The van der Waals surface area contributed by atoms with Crippen LogP contribution in [0.5, 0.6) is 0 Å². The molecule has 0 saturated heterocycles. The molecule has 4 aliphatic heterocycles. The Hall–Kier alpha value is -7.52. The summed E-state index contributed by atoms with van der Waals surface area (Å²) in [5.41, 5.74) is 7.39. The van der Waals surface area contributed by atoms with Gasteiger partial charge in [-0.25, -0.2) is 8.78 Å². The van der Waals surface area contributed by atoms with Crippen molar-refractivity contribution >= 4 is 157 Å². The molecule has 0 saturated carbocycles. The molecule has 462 valence electrons. The van der Waals surface area contributed by atoms with Crippen LogP contribution in [0.1, 0.15) is 108 Å². The molecular weight excluding hydrogens is 1300 g/mol. The fraction of sp³-hybridized carbons (Fsp3) is 0.216. The van der Waals surface area contributed by atoms with Crippen LogP contribution in [0.25, 0.3) is 104 Å². The molecule has 18 heteroatoms. The number of hydrogen-bond acceptors (Lipinski definition) is 12. The van der Waals surface area contributed by atoms with Gasteiger partial charge in [0.15, 0.2) is 0 Å². The molecule has 8 nitrogen and oxygen atoms in total. The standard InChI is InChI=1S/C74H60F2N4O4S8/c1-5-9-11-37(7-3)33-43-21-23-51(85-43)59-45-35-57(49-27-31-55(89-49)67-63-61(71(81)79-67)65(77-73(63)83)53-29-25-47(87-53)39-13-17-41(75)18-14-39)92-70(45)60(52-24-22-44(86-52)34-38(8-4)12-10-6-2)46-36-58(91-69(46)59)50-28-32-56(90-50)68-64-62(72(82)80-68)66(78-74(64)84)54-30-26-48(88-54)40-15-19-42(76)20-16-40/h13-32,35-38H,5-12,33-34H2,1-4H3,(H,77,83)(H,78,84)(H,79,81)(H,80,82). The third-order valence-electron chi connectivity index (χ3n) is 17.9. The van der Waals surface area contributed by atoms with E-state index in [0.29, 0.717) is 56.9 Å². The topological polar surface area (TPSA) is 116 Å². The molecule has 4 amide bonds. The Morgan fingerprint density at radius 1 is 0.348 bits per heavy atom. The van der Waals surface area contributed by atoms with Crippen molar-refractivity contribution in [2.75, 3.05) is 0 Å². The maximum Gasteiger partial charge on any atom is 0.258 e. The van der Waals surface area contributed by atoms with Gasteiger partial charge in [0, 0.05) is 80.1 Å². The van der Waals surface area contributed by atoms with Crippen LogP contribution in [0.3, 0.4) is 0 Å². The minimum Gasteiger partial charge on any atom is -0.320 e. The van der Waals surface area contributed by atoms with E-state index < -0.39 is 0 Å². The first-order valence-corrected chi connectivity index (χ1v) is 37.7. The molecule has 0 fully saturated rings. The Morgan fingerprint density at radius 3 is 1.00 bits per heavy atom. The maximum atomic E-state index is 14.0. The number of thiophene rings is 8. The average molecular weight is 1360 g/mol. The number of carbonyl (C=O) groups excluding carboxylic acids is 4. The molecular formula is C74H60F2N4O4S8. The number of benzene rings is 3. The highest BCUT2D eigenvalue weighted by atomic mass is 32.1. The van der Waals surface area contributed by atoms with E-state index in [1.54, 1.807) is 69.6 Å². The second-order valence-corrected chi connectivity index (χ2v) is 32.5. The number of nitrogens with one attached hydrogen (secondary N) is 4. The average Bonchev–Trinajstić information content (AvgIpc) is 1.56. The summed E-state index contributed by atoms with van der Waals surface area (Å²) in [7, 11) is 0. The van der Waals surface area contributed by atoms with Gasteiger partial charge in [-0.3, -0.25) is 19.2 Å². The number of hydrogen-bond donors (Lipinski definition) is 4. The highest BCUT2D eigenvalue weighted by Crippen LogP contribution is 2.56. The zero-order valence-electron chi connectivity index (χ0n) is 50.6. The van der Waals surface area contributed by atoms with Gasteiger partial charge in [-0.15, -0.1) is 90.7 Å². The molecule has 3 aromatic carbocycles. The van der Waals surface area contributed by atoms with Gasteiger partial charge in [-0.2, -0.15) is 0 Å². The fourth-order valence-corrected chi connectivity index (χ4v) is 22.2. The number of unbranched alkanes of at least 4 members (excludes halogenated alkanes) is 2. The van der Waals surface area contributed by atoms with E-state index in [1.807, 2.05) is 59.1 Å². The number of amides is 4. The molecule has 4 aliphatic rings. The summed E-state index contributed by atoms with van der Waals surface area (Å²) < 4.78 is 30.1. The van der Waals surface area contributed by atoms with Gasteiger partial charge in [0.2, 0.25) is 0 Å². The van der Waals surface area contributed by atoms with Crippen LogP contribution in [-0.2, 0) is 32.0 Å². The lowest BCUT2D eigenvalue weighted by molar-refractivity contribution is -0.117. The number of halogens is 2. The Balaban J connectivity index is 0.849. The van der Waals surface area contributed by atoms with E-state index in [9.17, 15) is 28.0 Å². The van der Waals surface area contributed by atoms with Gasteiger partial charge in [0.1, 0.15) is 11.6 Å². The molecule has 8 aromatic heterocycles. The summed E-state index contributed by atoms with van der Waals surface area (Å²) in [6, 6.07) is 42.6. The Bertz CT molecular complexity index is 4590. The molecule has 2 unspecified atom stereocenters. The quantitative estimate of drug-likeness (QED) is 0.0541. The summed E-state index contributed by atoms with van der Waals surface area (Å²) in [5, 5.41) is 14.6. The molecule has 92 heavy (non-hydrogen) atoms. The summed E-state index contributed by atoms with van der Waals surface area (Å²) in [5.74, 6) is -0.766. The lowest BCUT2D eigenvalue weighted by atomic mass is 9.95. The molecule has 0 radical (unpaired) electrons. The minimum absolute atomic E-state index is 0.318. The van der Waals surface area contributed by atoms with Crippen molar-refractivity contribution in [1.82, 2.24) is 21.3 Å². The van der Waals surface area contributed by atoms with E-state index in [0.717, 1.165) is 85.6 Å². The summed E-state index contributed by atoms with van der Waals surface area (Å²) in [6.07, 6.45) is 11.5. The second-order valence-electron chi connectivity index (χ2n) is 23.7. The fourth-order valence-electron chi connectivity index (χ4n) is 13.0. The maximum absolute atomic E-state index is 14.0. The molecule has 4 N–H and O–H groups in total. The SMILES string of the molecule is CCCCC(CC)Cc1ccc(-c2c3cc(-c4ccc(C5=C6C(=O)NC(c7ccc(-c8ccc(F)cc8)s7)=C6C(=O)N5)s4)sc3c(-c3ccc(CC(CC)CCCC)s3)c3cc(-c4ccc(C5=C6C(=O)NC(c7ccc(-c8ccc(F)cc8)s7)=C6C(=O)N5)s4)sc23)s1. The lowest BCUT2D eigenvalue weighted by Crippen LogP contribution is -2.20. The first-order chi connectivity index (χ1) is 44.8. The lowest BCUT2D eigenvalue weighted by Gasteiger charge is -2.13. The van der Waals surface area contributed by atoms with Crippen LogP contribution >= 0.6 is 90.7 Å². The van der Waals surface area contributed by atoms with Gasteiger partial charge < -0.3 is 21.3 Å². The van der Waals surface area contributed by atoms with Crippen LogP contribution in [-0.4, -0.2) is 23.6 Å². The van der Waals surface area contributed by atoms with Crippen LogP contribution in [0.15, 0.2) is 156 Å². The predicted molar refractivity (Wildman–Crippen MR) is 384 cm³/mol. The number of fused-ring (bicyclic) bond motifs is 4. The molecule has 2 atom stereocenters. The van der Waals surface area contributed by atoms with Crippen molar-refractivity contribution < 1.29 is 28.0 Å². The van der Waals surface area contributed by atoms with Crippen molar-refractivity contribution in [2.45, 2.75) is 91.9 Å². The molecule has 0 aliphatic carbocycles. The first-order valence-electron chi connectivity index (χ1n) is 31.2. The van der Waals surface area contributed by atoms with Gasteiger partial charge in [0.25, 0.3) is 23.6 Å². The van der Waals surface area contributed by atoms with Crippen molar-refractivity contribution in [3.05, 3.63) is 197 Å². The Labute approximate surface area is 563 Å². The summed E-state index contributed by atoms with van der Waals surface area (Å²) in [6.45, 7) is 9.16. The molecule has 15 rings (SSSR count). The zero-order valence-corrected chi connectivity index (χ0v) is 57.1. The molecule has 0 spiro atoms. The minimum atomic E-state index is -0.333. The van der Waals surface area contributed by atoms with Crippen LogP contribution in [0.2, 0.25) is 0 Å². The normalized spacial score (nSPS) is 15.5. The van der Waals surface area contributed by atoms with Crippen LogP contribution < -0.4 is 21.3 Å².